The van der Waals surface area contributed by atoms with Crippen molar-refractivity contribution in [2.45, 2.75) is 37.3 Å². The third kappa shape index (κ3) is 4.44. The molecule has 0 radical (unpaired) electrons. The fourth-order valence-electron chi connectivity index (χ4n) is 1.20. The van der Waals surface area contributed by atoms with Crippen LogP contribution in [0.2, 0.25) is 0 Å². The van der Waals surface area contributed by atoms with E-state index in [0.717, 1.165) is 16.7 Å². The van der Waals surface area contributed by atoms with Gasteiger partial charge in [-0.1, -0.05) is 20.8 Å². The quantitative estimate of drug-likeness (QED) is 0.553. The number of anilines is 1. The maximum Gasteiger partial charge on any atom is 0.137 e. The van der Waals surface area contributed by atoms with Gasteiger partial charge in [0.1, 0.15) is 16.7 Å². The molecule has 1 aromatic heterocycles. The zero-order chi connectivity index (χ0) is 13.8. The normalized spacial score (nSPS) is 13.4. The molecule has 5 nitrogen and oxygen atoms in total. The van der Waals surface area contributed by atoms with Crippen LogP contribution in [0.1, 0.15) is 26.6 Å². The van der Waals surface area contributed by atoms with Gasteiger partial charge >= 0.3 is 0 Å². The number of rotatable bonds is 5. The molecule has 0 saturated carbocycles. The van der Waals surface area contributed by atoms with E-state index in [1.54, 1.807) is 0 Å². The van der Waals surface area contributed by atoms with E-state index < -0.39 is 6.10 Å². The first-order chi connectivity index (χ1) is 8.36. The Kier molecular flexibility index (Phi) is 5.37. The van der Waals surface area contributed by atoms with Crippen LogP contribution in [0.25, 0.3) is 0 Å². The molecule has 0 bridgehead atoms. The summed E-state index contributed by atoms with van der Waals surface area (Å²) >= 11 is 1.41. The van der Waals surface area contributed by atoms with Gasteiger partial charge in [0, 0.05) is 24.3 Å². The fourth-order valence-corrected chi connectivity index (χ4v) is 2.01. The maximum absolute atomic E-state index is 9.35. The van der Waals surface area contributed by atoms with Crippen LogP contribution in [0, 0.1) is 0 Å². The summed E-state index contributed by atoms with van der Waals surface area (Å²) in [6.07, 6.45) is -0.721. The number of thioether (sulfide) groups is 1. The summed E-state index contributed by atoms with van der Waals surface area (Å²) in [6.45, 7) is 5.93. The maximum atomic E-state index is 9.35. The van der Waals surface area contributed by atoms with Gasteiger partial charge in [0.2, 0.25) is 0 Å². The van der Waals surface area contributed by atoms with Crippen molar-refractivity contribution in [3.8, 4) is 0 Å². The highest BCUT2D eigenvalue weighted by atomic mass is 32.2. The van der Waals surface area contributed by atoms with Gasteiger partial charge in [-0.2, -0.15) is 0 Å². The van der Waals surface area contributed by atoms with E-state index in [4.69, 9.17) is 5.11 Å². The van der Waals surface area contributed by atoms with Crippen LogP contribution in [0.5, 0.6) is 0 Å². The molecule has 0 saturated heterocycles. The standard InChI is InChI=1S/C12H21N3O2S/c1-12(2,3)11-14-9(13-4)5-10(15-11)18-7-8(17)6-16/h5,8,16-17H,6-7H2,1-4H3,(H,13,14,15). The van der Waals surface area contributed by atoms with E-state index >= 15 is 0 Å². The van der Waals surface area contributed by atoms with Crippen molar-refractivity contribution in [1.29, 1.82) is 0 Å². The van der Waals surface area contributed by atoms with Crippen LogP contribution < -0.4 is 5.32 Å². The zero-order valence-electron chi connectivity index (χ0n) is 11.3. The number of aliphatic hydroxyl groups is 2. The molecule has 1 aromatic rings. The molecule has 1 rings (SSSR count). The third-order valence-electron chi connectivity index (χ3n) is 2.26. The van der Waals surface area contributed by atoms with Crippen LogP contribution in [-0.4, -0.2) is 45.7 Å². The second-order valence-electron chi connectivity index (χ2n) is 5.06. The summed E-state index contributed by atoms with van der Waals surface area (Å²) in [5, 5.41) is 21.9. The molecule has 102 valence electrons. The van der Waals surface area contributed by atoms with Crippen LogP contribution in [-0.2, 0) is 5.41 Å². The van der Waals surface area contributed by atoms with Crippen molar-refractivity contribution in [2.24, 2.45) is 0 Å². The van der Waals surface area contributed by atoms with Crippen molar-refractivity contribution in [1.82, 2.24) is 9.97 Å². The second-order valence-corrected chi connectivity index (χ2v) is 6.10. The van der Waals surface area contributed by atoms with Crippen molar-refractivity contribution in [2.75, 3.05) is 24.7 Å². The third-order valence-corrected chi connectivity index (χ3v) is 3.32. The molecule has 0 amide bonds. The smallest absolute Gasteiger partial charge is 0.137 e. The van der Waals surface area contributed by atoms with E-state index in [0.29, 0.717) is 5.75 Å². The molecule has 1 atom stereocenters. The minimum Gasteiger partial charge on any atom is -0.394 e. The Morgan fingerprint density at radius 1 is 1.39 bits per heavy atom. The SMILES string of the molecule is CNc1cc(SCC(O)CO)nc(C(C)(C)C)n1. The van der Waals surface area contributed by atoms with Gasteiger partial charge in [-0.05, 0) is 0 Å². The number of hydrogen-bond donors (Lipinski definition) is 3. The summed E-state index contributed by atoms with van der Waals surface area (Å²) in [4.78, 5) is 8.90. The van der Waals surface area contributed by atoms with Crippen molar-refractivity contribution >= 4 is 17.6 Å². The average molecular weight is 271 g/mol. The fraction of sp³-hybridized carbons (Fsp3) is 0.667. The van der Waals surface area contributed by atoms with Gasteiger partial charge in [-0.25, -0.2) is 9.97 Å². The Morgan fingerprint density at radius 2 is 2.06 bits per heavy atom. The topological polar surface area (TPSA) is 78.3 Å². The first kappa shape index (κ1) is 15.2. The molecule has 0 aliphatic rings. The molecule has 0 spiro atoms. The number of nitrogens with one attached hydrogen (secondary N) is 1. The lowest BCUT2D eigenvalue weighted by molar-refractivity contribution is 0.113. The molecular weight excluding hydrogens is 250 g/mol. The first-order valence-electron chi connectivity index (χ1n) is 5.86. The molecule has 0 fully saturated rings. The minimum atomic E-state index is -0.721. The largest absolute Gasteiger partial charge is 0.394 e. The summed E-state index contributed by atoms with van der Waals surface area (Å²) in [5.41, 5.74) is -0.127. The van der Waals surface area contributed by atoms with Crippen LogP contribution in [0.3, 0.4) is 0 Å². The first-order valence-corrected chi connectivity index (χ1v) is 6.84. The number of aliphatic hydroxyl groups excluding tert-OH is 2. The Labute approximate surface area is 112 Å². The number of aromatic nitrogens is 2. The van der Waals surface area contributed by atoms with Gasteiger partial charge in [-0.3, -0.25) is 0 Å². The lowest BCUT2D eigenvalue weighted by atomic mass is 9.96. The van der Waals surface area contributed by atoms with Crippen LogP contribution in [0.15, 0.2) is 11.1 Å². The zero-order valence-corrected chi connectivity index (χ0v) is 12.1. The molecule has 0 aliphatic heterocycles. The number of hydrogen-bond acceptors (Lipinski definition) is 6. The molecular formula is C12H21N3O2S. The molecule has 1 heterocycles. The van der Waals surface area contributed by atoms with Crippen molar-refractivity contribution in [3.05, 3.63) is 11.9 Å². The summed E-state index contributed by atoms with van der Waals surface area (Å²) in [7, 11) is 1.81. The molecule has 18 heavy (non-hydrogen) atoms. The highest BCUT2D eigenvalue weighted by Gasteiger charge is 2.19. The summed E-state index contributed by atoms with van der Waals surface area (Å²) in [5.74, 6) is 1.94. The van der Waals surface area contributed by atoms with Crippen molar-refractivity contribution in [3.63, 3.8) is 0 Å². The van der Waals surface area contributed by atoms with Gasteiger partial charge < -0.3 is 15.5 Å². The Balaban J connectivity index is 2.91. The highest BCUT2D eigenvalue weighted by molar-refractivity contribution is 7.99. The molecule has 0 aliphatic carbocycles. The van der Waals surface area contributed by atoms with E-state index in [2.05, 4.69) is 36.1 Å². The molecule has 6 heteroatoms. The van der Waals surface area contributed by atoms with Crippen LogP contribution in [0.4, 0.5) is 5.82 Å². The lowest BCUT2D eigenvalue weighted by Crippen LogP contribution is -2.18. The van der Waals surface area contributed by atoms with Crippen LogP contribution >= 0.6 is 11.8 Å². The van der Waals surface area contributed by atoms with Gasteiger partial charge in [0.05, 0.1) is 12.7 Å². The van der Waals surface area contributed by atoms with Crippen molar-refractivity contribution < 1.29 is 10.2 Å². The van der Waals surface area contributed by atoms with E-state index in [1.165, 1.54) is 11.8 Å². The Bertz CT molecular complexity index is 393. The van der Waals surface area contributed by atoms with E-state index in [-0.39, 0.29) is 12.0 Å². The Morgan fingerprint density at radius 3 is 2.56 bits per heavy atom. The molecule has 1 unspecified atom stereocenters. The van der Waals surface area contributed by atoms with Gasteiger partial charge in [0.15, 0.2) is 0 Å². The molecule has 0 aromatic carbocycles. The minimum absolute atomic E-state index is 0.127. The van der Waals surface area contributed by atoms with Gasteiger partial charge in [0.25, 0.3) is 0 Å². The summed E-state index contributed by atoms with van der Waals surface area (Å²) in [6, 6.07) is 1.84. The highest BCUT2D eigenvalue weighted by Crippen LogP contribution is 2.25. The predicted molar refractivity (Wildman–Crippen MR) is 74.1 cm³/mol. The number of nitrogens with zero attached hydrogens (tertiary/aromatic N) is 2. The predicted octanol–water partition coefficient (Wildman–Crippen LogP) is 1.26. The summed E-state index contributed by atoms with van der Waals surface area (Å²) < 4.78 is 0. The lowest BCUT2D eigenvalue weighted by Gasteiger charge is -2.18. The average Bonchev–Trinajstić information content (AvgIpc) is 2.34. The van der Waals surface area contributed by atoms with E-state index in [1.807, 2.05) is 13.1 Å². The Hall–Kier alpha value is -0.850. The second kappa shape index (κ2) is 6.36. The van der Waals surface area contributed by atoms with Gasteiger partial charge in [-0.15, -0.1) is 11.8 Å². The monoisotopic (exact) mass is 271 g/mol. The van der Waals surface area contributed by atoms with E-state index in [9.17, 15) is 5.11 Å². The molecule has 3 N–H and O–H groups in total.